The number of methoxy groups -OCH3 is 1. The number of nitriles is 1. The van der Waals surface area contributed by atoms with Crippen molar-refractivity contribution in [2.24, 2.45) is 5.92 Å². The van der Waals surface area contributed by atoms with E-state index in [-0.39, 0.29) is 23.2 Å². The molecule has 0 aliphatic rings. The Balaban J connectivity index is 3.06. The molecular formula is C13H17N3O3. The van der Waals surface area contributed by atoms with Crippen molar-refractivity contribution in [3.63, 3.8) is 0 Å². The topological polar surface area (TPSA) is 88.2 Å². The molecule has 0 aliphatic carbocycles. The van der Waals surface area contributed by atoms with E-state index in [1.807, 2.05) is 19.9 Å². The fourth-order valence-corrected chi connectivity index (χ4v) is 1.65. The number of hydrogen-bond donors (Lipinski definition) is 1. The lowest BCUT2D eigenvalue weighted by Crippen LogP contribution is -2.30. The van der Waals surface area contributed by atoms with Crippen LogP contribution in [0.15, 0.2) is 18.2 Å². The summed E-state index contributed by atoms with van der Waals surface area (Å²) in [6.07, 6.45) is 0. The molecule has 0 saturated heterocycles. The predicted molar refractivity (Wildman–Crippen MR) is 71.9 cm³/mol. The van der Waals surface area contributed by atoms with Gasteiger partial charge in [-0.1, -0.05) is 13.8 Å². The van der Waals surface area contributed by atoms with Crippen molar-refractivity contribution in [2.75, 3.05) is 19.0 Å². The van der Waals surface area contributed by atoms with Gasteiger partial charge in [-0.05, 0) is 18.1 Å². The highest BCUT2D eigenvalue weighted by molar-refractivity contribution is 5.64. The average molecular weight is 263 g/mol. The van der Waals surface area contributed by atoms with Gasteiger partial charge in [0.2, 0.25) is 0 Å². The monoisotopic (exact) mass is 263 g/mol. The van der Waals surface area contributed by atoms with Crippen molar-refractivity contribution in [2.45, 2.75) is 19.9 Å². The lowest BCUT2D eigenvalue weighted by Gasteiger charge is -2.22. The van der Waals surface area contributed by atoms with Gasteiger partial charge in [-0.25, -0.2) is 0 Å². The molecule has 1 aromatic carbocycles. The van der Waals surface area contributed by atoms with Crippen LogP contribution >= 0.6 is 0 Å². The van der Waals surface area contributed by atoms with Crippen molar-refractivity contribution in [3.8, 4) is 6.07 Å². The van der Waals surface area contributed by atoms with Crippen LogP contribution in [-0.4, -0.2) is 24.7 Å². The Labute approximate surface area is 112 Å². The lowest BCUT2D eigenvalue weighted by molar-refractivity contribution is -0.384. The van der Waals surface area contributed by atoms with Crippen LogP contribution in [0.1, 0.15) is 19.4 Å². The van der Waals surface area contributed by atoms with E-state index in [2.05, 4.69) is 5.32 Å². The maximum Gasteiger partial charge on any atom is 0.293 e. The smallest absolute Gasteiger partial charge is 0.293 e. The highest BCUT2D eigenvalue weighted by Gasteiger charge is 2.19. The molecule has 1 N–H and O–H groups in total. The van der Waals surface area contributed by atoms with Gasteiger partial charge in [0.15, 0.2) is 0 Å². The maximum atomic E-state index is 11.0. The zero-order chi connectivity index (χ0) is 14.4. The van der Waals surface area contributed by atoms with Gasteiger partial charge in [0.25, 0.3) is 5.69 Å². The van der Waals surface area contributed by atoms with Crippen LogP contribution in [-0.2, 0) is 4.74 Å². The number of benzene rings is 1. The Bertz CT molecular complexity index is 494. The summed E-state index contributed by atoms with van der Waals surface area (Å²) in [6, 6.07) is 6.25. The van der Waals surface area contributed by atoms with Crippen molar-refractivity contribution in [1.29, 1.82) is 5.26 Å². The van der Waals surface area contributed by atoms with Gasteiger partial charge in [0.1, 0.15) is 5.69 Å². The fraction of sp³-hybridized carbons (Fsp3) is 0.462. The second kappa shape index (κ2) is 6.71. The minimum atomic E-state index is -0.493. The zero-order valence-corrected chi connectivity index (χ0v) is 11.2. The molecule has 0 spiro atoms. The fourth-order valence-electron chi connectivity index (χ4n) is 1.65. The van der Waals surface area contributed by atoms with Gasteiger partial charge in [0.05, 0.1) is 29.2 Å². The van der Waals surface area contributed by atoms with E-state index in [0.29, 0.717) is 12.3 Å². The summed E-state index contributed by atoms with van der Waals surface area (Å²) in [6.45, 7) is 4.47. The summed E-state index contributed by atoms with van der Waals surface area (Å²) in [5.41, 5.74) is 0.575. The molecule has 0 amide bonds. The number of nitro benzene ring substituents is 1. The summed E-state index contributed by atoms with van der Waals surface area (Å²) < 4.78 is 5.10. The normalized spacial score (nSPS) is 11.9. The van der Waals surface area contributed by atoms with Crippen LogP contribution in [0.4, 0.5) is 11.4 Å². The van der Waals surface area contributed by atoms with Crippen LogP contribution in [0, 0.1) is 27.4 Å². The van der Waals surface area contributed by atoms with Gasteiger partial charge in [-0.2, -0.15) is 5.26 Å². The second-order valence-electron chi connectivity index (χ2n) is 4.55. The molecule has 0 heterocycles. The molecule has 1 aromatic rings. The number of ether oxygens (including phenoxy) is 1. The average Bonchev–Trinajstić information content (AvgIpc) is 2.38. The first-order valence-electron chi connectivity index (χ1n) is 5.93. The van der Waals surface area contributed by atoms with Crippen LogP contribution in [0.2, 0.25) is 0 Å². The number of rotatable bonds is 6. The first-order valence-corrected chi connectivity index (χ1v) is 5.93. The third-order valence-electron chi connectivity index (χ3n) is 2.82. The molecule has 1 rings (SSSR count). The quantitative estimate of drug-likeness (QED) is 0.629. The molecule has 0 fully saturated rings. The number of nitro groups is 1. The van der Waals surface area contributed by atoms with Gasteiger partial charge in [-0.15, -0.1) is 0 Å². The van der Waals surface area contributed by atoms with Crippen LogP contribution in [0.3, 0.4) is 0 Å². The first kappa shape index (κ1) is 14.9. The summed E-state index contributed by atoms with van der Waals surface area (Å²) in [5, 5.41) is 22.9. The number of nitrogens with one attached hydrogen (secondary N) is 1. The molecular weight excluding hydrogens is 246 g/mol. The van der Waals surface area contributed by atoms with Crippen LogP contribution in [0.25, 0.3) is 0 Å². The van der Waals surface area contributed by atoms with E-state index in [9.17, 15) is 10.1 Å². The van der Waals surface area contributed by atoms with Crippen molar-refractivity contribution < 1.29 is 9.66 Å². The van der Waals surface area contributed by atoms with E-state index in [0.717, 1.165) is 0 Å². The van der Waals surface area contributed by atoms with E-state index in [1.54, 1.807) is 19.2 Å². The highest BCUT2D eigenvalue weighted by Crippen LogP contribution is 2.27. The Morgan fingerprint density at radius 2 is 2.21 bits per heavy atom. The summed E-state index contributed by atoms with van der Waals surface area (Å²) in [5.74, 6) is 0.259. The molecule has 102 valence electrons. The Morgan fingerprint density at radius 3 is 2.68 bits per heavy atom. The Kier molecular flexibility index (Phi) is 5.27. The SMILES string of the molecule is COCC(Nc1ccc(C#N)cc1[N+](=O)[O-])C(C)C. The molecule has 6 nitrogen and oxygen atoms in total. The number of hydrogen-bond acceptors (Lipinski definition) is 5. The molecule has 0 aliphatic heterocycles. The van der Waals surface area contributed by atoms with Crippen molar-refractivity contribution >= 4 is 11.4 Å². The van der Waals surface area contributed by atoms with Crippen molar-refractivity contribution in [3.05, 3.63) is 33.9 Å². The maximum absolute atomic E-state index is 11.0. The lowest BCUT2D eigenvalue weighted by atomic mass is 10.0. The third kappa shape index (κ3) is 3.93. The van der Waals surface area contributed by atoms with Gasteiger partial charge >= 0.3 is 0 Å². The molecule has 6 heteroatoms. The summed E-state index contributed by atoms with van der Waals surface area (Å²) >= 11 is 0. The van der Waals surface area contributed by atoms with E-state index in [1.165, 1.54) is 6.07 Å². The van der Waals surface area contributed by atoms with Crippen LogP contribution in [0.5, 0.6) is 0 Å². The van der Waals surface area contributed by atoms with E-state index < -0.39 is 4.92 Å². The molecule has 1 atom stereocenters. The largest absolute Gasteiger partial charge is 0.383 e. The molecule has 0 radical (unpaired) electrons. The minimum Gasteiger partial charge on any atom is -0.383 e. The highest BCUT2D eigenvalue weighted by atomic mass is 16.6. The molecule has 1 unspecified atom stereocenters. The molecule has 0 saturated carbocycles. The van der Waals surface area contributed by atoms with Gasteiger partial charge in [0, 0.05) is 13.2 Å². The summed E-state index contributed by atoms with van der Waals surface area (Å²) in [7, 11) is 1.59. The Hall–Kier alpha value is -2.13. The van der Waals surface area contributed by atoms with Crippen LogP contribution < -0.4 is 5.32 Å². The third-order valence-corrected chi connectivity index (χ3v) is 2.82. The van der Waals surface area contributed by atoms with E-state index >= 15 is 0 Å². The predicted octanol–water partition coefficient (Wildman–Crippen LogP) is 2.55. The van der Waals surface area contributed by atoms with E-state index in [4.69, 9.17) is 10.00 Å². The minimum absolute atomic E-state index is 0.0309. The molecule has 0 bridgehead atoms. The first-order chi connectivity index (χ1) is 8.99. The second-order valence-corrected chi connectivity index (χ2v) is 4.55. The molecule has 19 heavy (non-hydrogen) atoms. The summed E-state index contributed by atoms with van der Waals surface area (Å²) in [4.78, 5) is 10.5. The Morgan fingerprint density at radius 1 is 1.53 bits per heavy atom. The number of nitrogens with zero attached hydrogens (tertiary/aromatic N) is 2. The van der Waals surface area contributed by atoms with Crippen molar-refractivity contribution in [1.82, 2.24) is 0 Å². The standard InChI is InChI=1S/C13H17N3O3/c1-9(2)12(8-19-3)15-11-5-4-10(7-14)6-13(11)16(17)18/h4-6,9,12,15H,8H2,1-3H3. The number of anilines is 1. The van der Waals surface area contributed by atoms with Gasteiger partial charge in [-0.3, -0.25) is 10.1 Å². The zero-order valence-electron chi connectivity index (χ0n) is 11.2. The van der Waals surface area contributed by atoms with Gasteiger partial charge < -0.3 is 10.1 Å². The molecule has 0 aromatic heterocycles.